The molecule has 0 radical (unpaired) electrons. The van der Waals surface area contributed by atoms with Gasteiger partial charge < -0.3 is 19.3 Å². The Morgan fingerprint density at radius 2 is 1.97 bits per heavy atom. The van der Waals surface area contributed by atoms with E-state index in [4.69, 9.17) is 14.5 Å². The van der Waals surface area contributed by atoms with Gasteiger partial charge in [0.15, 0.2) is 5.17 Å². The van der Waals surface area contributed by atoms with Gasteiger partial charge in [0.1, 0.15) is 0 Å². The van der Waals surface area contributed by atoms with Gasteiger partial charge in [-0.2, -0.15) is 0 Å². The first-order chi connectivity index (χ1) is 17.8. The van der Waals surface area contributed by atoms with Gasteiger partial charge >= 0.3 is 11.9 Å². The van der Waals surface area contributed by atoms with Gasteiger partial charge in [-0.3, -0.25) is 9.59 Å². The molecule has 1 aromatic carbocycles. The minimum absolute atomic E-state index is 0.0497. The topological polar surface area (TPSA) is 88.5 Å². The molecule has 0 N–H and O–H groups in total. The van der Waals surface area contributed by atoms with Crippen molar-refractivity contribution in [2.75, 3.05) is 26.8 Å². The number of hydrogen-bond donors (Lipinski definition) is 0. The highest BCUT2D eigenvalue weighted by atomic mass is 32.2. The zero-order valence-corrected chi connectivity index (χ0v) is 23.0. The summed E-state index contributed by atoms with van der Waals surface area (Å²) in [5.41, 5.74) is 5.15. The molecule has 0 aromatic heterocycles. The predicted octanol–water partition coefficient (Wildman–Crippen LogP) is 4.63. The first-order valence-corrected chi connectivity index (χ1v) is 13.7. The van der Waals surface area contributed by atoms with E-state index in [1.807, 2.05) is 43.2 Å². The molecule has 9 heteroatoms. The maximum absolute atomic E-state index is 13.5. The number of carbonyl (C=O) groups is 3. The third kappa shape index (κ3) is 5.46. The number of aliphatic imine (C=N–C) groups is 1. The Hall–Kier alpha value is -3.07. The van der Waals surface area contributed by atoms with Crippen molar-refractivity contribution in [3.8, 4) is 0 Å². The van der Waals surface area contributed by atoms with Gasteiger partial charge in [0, 0.05) is 18.8 Å². The van der Waals surface area contributed by atoms with E-state index < -0.39 is 12.0 Å². The van der Waals surface area contributed by atoms with E-state index in [0.717, 1.165) is 40.4 Å². The number of fused-ring (bicyclic) bond motifs is 1. The van der Waals surface area contributed by atoms with Crippen molar-refractivity contribution in [2.45, 2.75) is 59.4 Å². The van der Waals surface area contributed by atoms with Gasteiger partial charge in [-0.15, -0.1) is 0 Å². The van der Waals surface area contributed by atoms with Gasteiger partial charge in [0.2, 0.25) is 5.91 Å². The summed E-state index contributed by atoms with van der Waals surface area (Å²) in [6, 6.07) is 5.74. The highest BCUT2D eigenvalue weighted by Gasteiger charge is 2.42. The third-order valence-corrected chi connectivity index (χ3v) is 7.96. The van der Waals surface area contributed by atoms with Crippen LogP contribution in [0.25, 0.3) is 0 Å². The molecule has 0 unspecified atom stereocenters. The fourth-order valence-electron chi connectivity index (χ4n) is 5.26. The monoisotopic (exact) mass is 525 g/mol. The zero-order chi connectivity index (χ0) is 26.7. The summed E-state index contributed by atoms with van der Waals surface area (Å²) < 4.78 is 10.4. The maximum atomic E-state index is 13.5. The third-order valence-electron chi connectivity index (χ3n) is 7.08. The summed E-state index contributed by atoms with van der Waals surface area (Å²) in [6.45, 7) is 9.16. The summed E-state index contributed by atoms with van der Waals surface area (Å²) in [5, 5.41) is 2.70. The molecule has 3 aliphatic rings. The van der Waals surface area contributed by atoms with Crippen molar-refractivity contribution in [2.24, 2.45) is 10.9 Å². The molecule has 0 bridgehead atoms. The number of rotatable bonds is 7. The molecule has 0 spiro atoms. The van der Waals surface area contributed by atoms with Gasteiger partial charge in [-0.25, -0.2) is 9.79 Å². The van der Waals surface area contributed by atoms with Crippen molar-refractivity contribution in [3.63, 3.8) is 0 Å². The van der Waals surface area contributed by atoms with Crippen LogP contribution in [0.1, 0.15) is 62.3 Å². The Labute approximate surface area is 222 Å². The van der Waals surface area contributed by atoms with Crippen LogP contribution in [0.4, 0.5) is 0 Å². The number of ether oxygens (including phenoxy) is 2. The lowest BCUT2D eigenvalue weighted by Crippen LogP contribution is -2.44. The number of likely N-dealkylation sites (tertiary alicyclic amines) is 1. The lowest BCUT2D eigenvalue weighted by atomic mass is 9.89. The Balaban J connectivity index is 1.65. The highest BCUT2D eigenvalue weighted by Crippen LogP contribution is 2.46. The van der Waals surface area contributed by atoms with Crippen LogP contribution in [0.2, 0.25) is 0 Å². The molecule has 8 nitrogen and oxygen atoms in total. The second-order valence-corrected chi connectivity index (χ2v) is 10.4. The number of carbonyl (C=O) groups excluding carboxylic acids is 3. The van der Waals surface area contributed by atoms with Crippen LogP contribution in [0.5, 0.6) is 0 Å². The number of esters is 2. The molecule has 198 valence electrons. The summed E-state index contributed by atoms with van der Waals surface area (Å²) >= 11 is 1.47. The molecule has 4 rings (SSSR count). The van der Waals surface area contributed by atoms with E-state index in [9.17, 15) is 14.4 Å². The van der Waals surface area contributed by atoms with E-state index in [-0.39, 0.29) is 24.2 Å². The number of amides is 1. The van der Waals surface area contributed by atoms with Gasteiger partial charge in [-0.1, -0.05) is 42.4 Å². The fourth-order valence-corrected chi connectivity index (χ4v) is 6.20. The highest BCUT2D eigenvalue weighted by molar-refractivity contribution is 8.16. The normalized spacial score (nSPS) is 21.3. The van der Waals surface area contributed by atoms with Gasteiger partial charge in [0.05, 0.1) is 43.4 Å². The van der Waals surface area contributed by atoms with E-state index in [1.54, 1.807) is 11.8 Å². The van der Waals surface area contributed by atoms with Crippen LogP contribution in [0.3, 0.4) is 0 Å². The molecule has 1 aromatic rings. The van der Waals surface area contributed by atoms with Crippen molar-refractivity contribution >= 4 is 34.8 Å². The molecule has 3 aliphatic heterocycles. The molecule has 1 fully saturated rings. The maximum Gasteiger partial charge on any atom is 0.338 e. The predicted molar refractivity (Wildman–Crippen MR) is 143 cm³/mol. The number of benzene rings is 1. The number of thioether (sulfide) groups is 1. The van der Waals surface area contributed by atoms with Crippen molar-refractivity contribution < 1.29 is 23.9 Å². The number of piperidine rings is 1. The lowest BCUT2D eigenvalue weighted by Gasteiger charge is -2.38. The second kappa shape index (κ2) is 11.5. The number of amidine groups is 1. The molecular formula is C28H35N3O5S. The first kappa shape index (κ1) is 27.0. The molecule has 1 saturated heterocycles. The number of nitrogens with zero attached hydrogens (tertiary/aromatic N) is 3. The Morgan fingerprint density at radius 3 is 2.65 bits per heavy atom. The Morgan fingerprint density at radius 1 is 1.19 bits per heavy atom. The first-order valence-electron chi connectivity index (χ1n) is 12.9. The van der Waals surface area contributed by atoms with Gasteiger partial charge in [0.25, 0.3) is 0 Å². The van der Waals surface area contributed by atoms with Crippen LogP contribution >= 0.6 is 11.8 Å². The summed E-state index contributed by atoms with van der Waals surface area (Å²) in [4.78, 5) is 47.4. The molecule has 37 heavy (non-hydrogen) atoms. The largest absolute Gasteiger partial charge is 0.466 e. The van der Waals surface area contributed by atoms with E-state index in [0.29, 0.717) is 37.4 Å². The quantitative estimate of drug-likeness (QED) is 0.480. The number of methoxy groups -OCH3 is 1. The molecule has 0 saturated carbocycles. The van der Waals surface area contributed by atoms with Crippen LogP contribution in [0.15, 0.2) is 45.6 Å². The number of aryl methyl sites for hydroxylation is 2. The number of hydrogen-bond acceptors (Lipinski definition) is 8. The second-order valence-electron chi connectivity index (χ2n) is 9.57. The van der Waals surface area contributed by atoms with E-state index in [1.165, 1.54) is 18.9 Å². The average molecular weight is 526 g/mol. The van der Waals surface area contributed by atoms with E-state index >= 15 is 0 Å². The van der Waals surface area contributed by atoms with Crippen LogP contribution < -0.4 is 0 Å². The van der Waals surface area contributed by atoms with Crippen molar-refractivity contribution in [1.29, 1.82) is 0 Å². The SMILES string of the molecule is CCOC(=O)[C@@H]1CCCN(C(=O)CC2=CSC3=NC(CC)=C(C(=O)OC)[C@H](c4ccc(C)cc4C)N23)C1. The van der Waals surface area contributed by atoms with Gasteiger partial charge in [-0.05, 0) is 56.6 Å². The Bertz CT molecular complexity index is 1190. The minimum atomic E-state index is -0.446. The summed E-state index contributed by atoms with van der Waals surface area (Å²) in [5.74, 6) is -0.997. The molecule has 0 aliphatic carbocycles. The van der Waals surface area contributed by atoms with E-state index in [2.05, 4.69) is 6.07 Å². The standard InChI is InChI=1S/C28H35N3O5S/c1-6-22-24(27(34)35-5)25(21-11-10-17(3)13-18(21)4)31-20(16-37-28(31)29-22)14-23(32)30-12-8-9-19(15-30)26(33)36-7-2/h10-11,13,16,19,25H,6-9,12,14-15H2,1-5H3/t19-,25+/m1/s1. The molecular weight excluding hydrogens is 490 g/mol. The van der Waals surface area contributed by atoms with Crippen molar-refractivity contribution in [1.82, 2.24) is 9.80 Å². The molecule has 3 heterocycles. The zero-order valence-electron chi connectivity index (χ0n) is 22.2. The smallest absolute Gasteiger partial charge is 0.338 e. The number of allylic oxidation sites excluding steroid dienone is 1. The van der Waals surface area contributed by atoms with Crippen LogP contribution in [-0.4, -0.2) is 59.6 Å². The Kier molecular flexibility index (Phi) is 8.42. The van der Waals surface area contributed by atoms with Crippen molar-refractivity contribution in [3.05, 3.63) is 57.3 Å². The summed E-state index contributed by atoms with van der Waals surface area (Å²) in [7, 11) is 1.39. The van der Waals surface area contributed by atoms with Crippen LogP contribution in [-0.2, 0) is 23.9 Å². The van der Waals surface area contributed by atoms with Crippen LogP contribution in [0, 0.1) is 19.8 Å². The fraction of sp³-hybridized carbons (Fsp3) is 0.500. The molecule has 2 atom stereocenters. The minimum Gasteiger partial charge on any atom is -0.466 e. The summed E-state index contributed by atoms with van der Waals surface area (Å²) in [6.07, 6.45) is 2.23. The average Bonchev–Trinajstić information content (AvgIpc) is 3.29. The molecule has 1 amide bonds. The lowest BCUT2D eigenvalue weighted by molar-refractivity contribution is -0.151.